The SMILES string of the molecule is CCN(CC)CCCC(C)n1cnc2c(NCc3ccc(S(N)(=O)=O)cc3)ncnc21. The van der Waals surface area contributed by atoms with Gasteiger partial charge in [0.1, 0.15) is 11.8 Å². The zero-order valence-corrected chi connectivity index (χ0v) is 19.1. The molecule has 0 amide bonds. The van der Waals surface area contributed by atoms with Gasteiger partial charge in [-0.05, 0) is 57.1 Å². The van der Waals surface area contributed by atoms with Gasteiger partial charge in [0.05, 0.1) is 11.2 Å². The fourth-order valence-corrected chi connectivity index (χ4v) is 4.09. The summed E-state index contributed by atoms with van der Waals surface area (Å²) in [5, 5.41) is 8.42. The van der Waals surface area contributed by atoms with Crippen LogP contribution in [-0.4, -0.2) is 52.5 Å². The summed E-state index contributed by atoms with van der Waals surface area (Å²) in [6.45, 7) is 10.3. The van der Waals surface area contributed by atoms with E-state index in [1.807, 2.05) is 6.33 Å². The summed E-state index contributed by atoms with van der Waals surface area (Å²) in [7, 11) is -3.69. The normalized spacial score (nSPS) is 13.1. The molecule has 0 saturated heterocycles. The highest BCUT2D eigenvalue weighted by Gasteiger charge is 2.14. The van der Waals surface area contributed by atoms with Gasteiger partial charge in [0.2, 0.25) is 10.0 Å². The minimum atomic E-state index is -3.69. The van der Waals surface area contributed by atoms with E-state index in [1.165, 1.54) is 18.5 Å². The molecule has 0 aliphatic carbocycles. The second-order valence-electron chi connectivity index (χ2n) is 7.61. The van der Waals surface area contributed by atoms with Crippen LogP contribution in [0.2, 0.25) is 0 Å². The lowest BCUT2D eigenvalue weighted by atomic mass is 10.1. The molecular formula is C21H31N7O2S. The number of sulfonamides is 1. The molecule has 1 aromatic carbocycles. The van der Waals surface area contributed by atoms with Crippen LogP contribution >= 0.6 is 0 Å². The zero-order chi connectivity index (χ0) is 22.4. The van der Waals surface area contributed by atoms with E-state index < -0.39 is 10.0 Å². The Balaban J connectivity index is 1.67. The van der Waals surface area contributed by atoms with Crippen molar-refractivity contribution < 1.29 is 8.42 Å². The number of hydrogen-bond donors (Lipinski definition) is 2. The topological polar surface area (TPSA) is 119 Å². The van der Waals surface area contributed by atoms with E-state index in [1.54, 1.807) is 12.1 Å². The molecule has 0 fully saturated rings. The van der Waals surface area contributed by atoms with Crippen LogP contribution in [0.1, 0.15) is 45.2 Å². The van der Waals surface area contributed by atoms with Crippen LogP contribution in [0.15, 0.2) is 41.8 Å². The van der Waals surface area contributed by atoms with Gasteiger partial charge in [-0.25, -0.2) is 28.5 Å². The van der Waals surface area contributed by atoms with E-state index in [4.69, 9.17) is 5.14 Å². The Morgan fingerprint density at radius 1 is 1.13 bits per heavy atom. The van der Waals surface area contributed by atoms with Crippen LogP contribution in [0, 0.1) is 0 Å². The van der Waals surface area contributed by atoms with Gasteiger partial charge in [0, 0.05) is 12.6 Å². The average Bonchev–Trinajstić information content (AvgIpc) is 3.20. The first-order valence-corrected chi connectivity index (χ1v) is 12.1. The van der Waals surface area contributed by atoms with E-state index >= 15 is 0 Å². The predicted molar refractivity (Wildman–Crippen MR) is 122 cm³/mol. The van der Waals surface area contributed by atoms with Crippen molar-refractivity contribution in [3.63, 3.8) is 0 Å². The Labute approximate surface area is 183 Å². The minimum Gasteiger partial charge on any atom is -0.364 e. The lowest BCUT2D eigenvalue weighted by molar-refractivity contribution is 0.288. The van der Waals surface area contributed by atoms with Crippen molar-refractivity contribution in [2.45, 2.75) is 51.1 Å². The summed E-state index contributed by atoms with van der Waals surface area (Å²) in [6, 6.07) is 6.73. The molecule has 2 aromatic heterocycles. The molecule has 3 N–H and O–H groups in total. The molecule has 168 valence electrons. The highest BCUT2D eigenvalue weighted by atomic mass is 32.2. The number of fused-ring (bicyclic) bond motifs is 1. The standard InChI is InChI=1S/C21H31N7O2S/c1-4-27(5-2)12-6-7-16(3)28-15-26-19-20(24-14-25-21(19)28)23-13-17-8-10-18(11-9-17)31(22,29)30/h8-11,14-16H,4-7,12-13H2,1-3H3,(H2,22,29,30)(H,23,24,25). The molecular weight excluding hydrogens is 414 g/mol. The van der Waals surface area contributed by atoms with Crippen LogP contribution in [0.3, 0.4) is 0 Å². The Bertz CT molecular complexity index is 1090. The molecule has 0 aliphatic heterocycles. The molecule has 3 rings (SSSR count). The molecule has 0 bridgehead atoms. The molecule has 2 heterocycles. The Morgan fingerprint density at radius 2 is 1.84 bits per heavy atom. The maximum Gasteiger partial charge on any atom is 0.238 e. The first kappa shape index (κ1) is 23.1. The van der Waals surface area contributed by atoms with E-state index in [0.29, 0.717) is 12.4 Å². The van der Waals surface area contributed by atoms with Gasteiger partial charge in [-0.1, -0.05) is 26.0 Å². The number of imidazole rings is 1. The lowest BCUT2D eigenvalue weighted by Gasteiger charge is -2.20. The average molecular weight is 446 g/mol. The third-order valence-corrected chi connectivity index (χ3v) is 6.47. The number of hydrogen-bond acceptors (Lipinski definition) is 7. The van der Waals surface area contributed by atoms with Gasteiger partial charge in [-0.2, -0.15) is 0 Å². The van der Waals surface area contributed by atoms with Crippen molar-refractivity contribution in [1.82, 2.24) is 24.4 Å². The van der Waals surface area contributed by atoms with E-state index in [2.05, 4.69) is 50.5 Å². The lowest BCUT2D eigenvalue weighted by Crippen LogP contribution is -2.24. The number of aromatic nitrogens is 4. The van der Waals surface area contributed by atoms with E-state index in [9.17, 15) is 8.42 Å². The quantitative estimate of drug-likeness (QED) is 0.466. The third-order valence-electron chi connectivity index (χ3n) is 5.54. The van der Waals surface area contributed by atoms with Crippen LogP contribution in [-0.2, 0) is 16.6 Å². The number of nitrogens with zero attached hydrogens (tertiary/aromatic N) is 5. The Hall–Kier alpha value is -2.56. The van der Waals surface area contributed by atoms with Crippen molar-refractivity contribution in [2.24, 2.45) is 5.14 Å². The van der Waals surface area contributed by atoms with Gasteiger partial charge < -0.3 is 14.8 Å². The van der Waals surface area contributed by atoms with Gasteiger partial charge in [0.25, 0.3) is 0 Å². The Morgan fingerprint density at radius 3 is 2.48 bits per heavy atom. The number of primary sulfonamides is 1. The number of anilines is 1. The molecule has 9 nitrogen and oxygen atoms in total. The predicted octanol–water partition coefficient (Wildman–Crippen LogP) is 2.77. The summed E-state index contributed by atoms with van der Waals surface area (Å²) in [6.07, 6.45) is 5.53. The minimum absolute atomic E-state index is 0.0920. The van der Waals surface area contributed by atoms with E-state index in [0.717, 1.165) is 49.2 Å². The first-order chi connectivity index (χ1) is 14.8. The maximum absolute atomic E-state index is 11.4. The smallest absolute Gasteiger partial charge is 0.238 e. The fraction of sp³-hybridized carbons (Fsp3) is 0.476. The molecule has 3 aromatic rings. The van der Waals surface area contributed by atoms with Crippen LogP contribution in [0.4, 0.5) is 5.82 Å². The summed E-state index contributed by atoms with van der Waals surface area (Å²) in [4.78, 5) is 15.9. The number of nitrogens with two attached hydrogens (primary N) is 1. The van der Waals surface area contributed by atoms with Crippen LogP contribution in [0.25, 0.3) is 11.2 Å². The largest absolute Gasteiger partial charge is 0.364 e. The molecule has 1 unspecified atom stereocenters. The van der Waals surface area contributed by atoms with Gasteiger partial charge >= 0.3 is 0 Å². The highest BCUT2D eigenvalue weighted by Crippen LogP contribution is 2.23. The number of rotatable bonds is 11. The number of benzene rings is 1. The molecule has 10 heteroatoms. The molecule has 0 radical (unpaired) electrons. The van der Waals surface area contributed by atoms with Crippen LogP contribution in [0.5, 0.6) is 0 Å². The summed E-state index contributed by atoms with van der Waals surface area (Å²) < 4.78 is 24.9. The molecule has 0 aliphatic rings. The van der Waals surface area contributed by atoms with Gasteiger partial charge in [-0.3, -0.25) is 0 Å². The van der Waals surface area contributed by atoms with Crippen molar-refractivity contribution in [3.8, 4) is 0 Å². The van der Waals surface area contributed by atoms with Crippen molar-refractivity contribution in [1.29, 1.82) is 0 Å². The summed E-state index contributed by atoms with van der Waals surface area (Å²) in [5.41, 5.74) is 2.43. The van der Waals surface area contributed by atoms with Crippen molar-refractivity contribution >= 4 is 27.0 Å². The molecule has 1 atom stereocenters. The second kappa shape index (κ2) is 10.2. The second-order valence-corrected chi connectivity index (χ2v) is 9.17. The zero-order valence-electron chi connectivity index (χ0n) is 18.3. The number of nitrogens with one attached hydrogen (secondary N) is 1. The van der Waals surface area contributed by atoms with Gasteiger partial charge in [0.15, 0.2) is 11.5 Å². The van der Waals surface area contributed by atoms with Crippen LogP contribution < -0.4 is 10.5 Å². The Kier molecular flexibility index (Phi) is 7.58. The highest BCUT2D eigenvalue weighted by molar-refractivity contribution is 7.89. The fourth-order valence-electron chi connectivity index (χ4n) is 3.58. The first-order valence-electron chi connectivity index (χ1n) is 10.6. The van der Waals surface area contributed by atoms with E-state index in [-0.39, 0.29) is 10.9 Å². The van der Waals surface area contributed by atoms with Gasteiger partial charge in [-0.15, -0.1) is 0 Å². The van der Waals surface area contributed by atoms with Crippen molar-refractivity contribution in [2.75, 3.05) is 25.0 Å². The maximum atomic E-state index is 11.4. The molecule has 0 saturated carbocycles. The molecule has 0 spiro atoms. The summed E-state index contributed by atoms with van der Waals surface area (Å²) in [5.74, 6) is 0.648. The monoisotopic (exact) mass is 445 g/mol. The summed E-state index contributed by atoms with van der Waals surface area (Å²) >= 11 is 0. The molecule has 31 heavy (non-hydrogen) atoms. The third kappa shape index (κ3) is 5.78. The van der Waals surface area contributed by atoms with Crippen molar-refractivity contribution in [3.05, 3.63) is 42.5 Å².